The van der Waals surface area contributed by atoms with Crippen molar-refractivity contribution in [1.82, 2.24) is 4.90 Å². The minimum atomic E-state index is -0.278. The van der Waals surface area contributed by atoms with E-state index in [9.17, 15) is 9.59 Å². The van der Waals surface area contributed by atoms with E-state index in [1.54, 1.807) is 18.2 Å². The Kier molecular flexibility index (Phi) is 4.09. The van der Waals surface area contributed by atoms with E-state index in [2.05, 4.69) is 4.99 Å². The molecule has 20 heavy (non-hydrogen) atoms. The van der Waals surface area contributed by atoms with Gasteiger partial charge in [0.1, 0.15) is 5.84 Å². The fourth-order valence-corrected chi connectivity index (χ4v) is 2.13. The minimum Gasteiger partial charge on any atom is -0.386 e. The Balaban J connectivity index is 2.37. The average Bonchev–Trinajstić information content (AvgIpc) is 2.63. The molecule has 1 aromatic carbocycles. The molecule has 1 aromatic rings. The topological polar surface area (TPSA) is 75.8 Å². The van der Waals surface area contributed by atoms with Crippen molar-refractivity contribution in [2.24, 2.45) is 16.6 Å². The summed E-state index contributed by atoms with van der Waals surface area (Å²) in [6, 6.07) is 4.84. The van der Waals surface area contributed by atoms with E-state index in [0.717, 1.165) is 0 Å². The molecule has 6 heteroatoms. The molecule has 1 aliphatic rings. The maximum absolute atomic E-state index is 12.2. The summed E-state index contributed by atoms with van der Waals surface area (Å²) in [5.74, 6) is 0.0763. The van der Waals surface area contributed by atoms with Crippen molar-refractivity contribution >= 4 is 34.9 Å². The van der Waals surface area contributed by atoms with E-state index < -0.39 is 0 Å². The smallest absolute Gasteiger partial charge is 0.261 e. The number of alkyl halides is 1. The molecule has 0 unspecified atom stereocenters. The quantitative estimate of drug-likeness (QED) is 0.400. The number of nitrogens with zero attached hydrogens (tertiary/aromatic N) is 2. The molecule has 0 saturated carbocycles. The van der Waals surface area contributed by atoms with Gasteiger partial charge in [-0.2, -0.15) is 0 Å². The molecular weight excluding hydrogens is 278 g/mol. The summed E-state index contributed by atoms with van der Waals surface area (Å²) in [6.07, 6.45) is 0. The number of amides is 2. The Labute approximate surface area is 122 Å². The standard InChI is InChI=1S/C14H16ClN3O2/c1-8(2)7-18-13(19)10-4-3-9(17-12(16)6-15)5-11(10)14(18)20/h3-5,8H,6-7H2,1-2H3,(H2,16,17). The molecule has 0 radical (unpaired) electrons. The summed E-state index contributed by atoms with van der Waals surface area (Å²) in [4.78, 5) is 29.8. The molecule has 1 heterocycles. The number of hydrogen-bond acceptors (Lipinski definition) is 3. The van der Waals surface area contributed by atoms with Crippen molar-refractivity contribution in [2.75, 3.05) is 12.4 Å². The molecule has 1 aliphatic heterocycles. The lowest BCUT2D eigenvalue weighted by Gasteiger charge is -2.15. The molecule has 0 spiro atoms. The number of carbonyl (C=O) groups excluding carboxylic acids is 2. The lowest BCUT2D eigenvalue weighted by molar-refractivity contribution is 0.0636. The second-order valence-corrected chi connectivity index (χ2v) is 5.35. The predicted octanol–water partition coefficient (Wildman–Crippen LogP) is 2.17. The van der Waals surface area contributed by atoms with Crippen LogP contribution in [0.25, 0.3) is 0 Å². The third-order valence-electron chi connectivity index (χ3n) is 2.91. The van der Waals surface area contributed by atoms with Crippen LogP contribution in [-0.2, 0) is 0 Å². The first-order valence-electron chi connectivity index (χ1n) is 6.33. The Morgan fingerprint density at radius 1 is 1.30 bits per heavy atom. The Morgan fingerprint density at radius 2 is 1.95 bits per heavy atom. The molecule has 0 bridgehead atoms. The van der Waals surface area contributed by atoms with Gasteiger partial charge < -0.3 is 5.73 Å². The van der Waals surface area contributed by atoms with Crippen LogP contribution in [0.15, 0.2) is 23.2 Å². The molecule has 2 amide bonds. The SMILES string of the molecule is CC(C)CN1C(=O)c2ccc(N=C(N)CCl)cc2C1=O. The molecule has 106 valence electrons. The van der Waals surface area contributed by atoms with Gasteiger partial charge in [-0.3, -0.25) is 14.5 Å². The van der Waals surface area contributed by atoms with Gasteiger partial charge in [-0.15, -0.1) is 11.6 Å². The van der Waals surface area contributed by atoms with Crippen molar-refractivity contribution in [3.63, 3.8) is 0 Å². The highest BCUT2D eigenvalue weighted by atomic mass is 35.5. The monoisotopic (exact) mass is 293 g/mol. The fraction of sp³-hybridized carbons (Fsp3) is 0.357. The second-order valence-electron chi connectivity index (χ2n) is 5.08. The van der Waals surface area contributed by atoms with Gasteiger partial charge in [0.15, 0.2) is 0 Å². The Bertz CT molecular complexity index is 596. The van der Waals surface area contributed by atoms with Crippen molar-refractivity contribution in [2.45, 2.75) is 13.8 Å². The molecule has 0 saturated heterocycles. The third-order valence-corrected chi connectivity index (χ3v) is 3.19. The van der Waals surface area contributed by atoms with Crippen molar-refractivity contribution in [3.8, 4) is 0 Å². The van der Waals surface area contributed by atoms with Crippen LogP contribution in [0.3, 0.4) is 0 Å². The molecule has 0 aromatic heterocycles. The normalized spacial score (nSPS) is 15.2. The number of carbonyl (C=O) groups is 2. The highest BCUT2D eigenvalue weighted by molar-refractivity contribution is 6.28. The first kappa shape index (κ1) is 14.5. The Hall–Kier alpha value is -1.88. The van der Waals surface area contributed by atoms with Gasteiger partial charge in [0.05, 0.1) is 22.7 Å². The van der Waals surface area contributed by atoms with Gasteiger partial charge in [-0.05, 0) is 24.1 Å². The Morgan fingerprint density at radius 3 is 2.55 bits per heavy atom. The average molecular weight is 294 g/mol. The van der Waals surface area contributed by atoms with Crippen molar-refractivity contribution < 1.29 is 9.59 Å². The number of amidine groups is 1. The molecular formula is C14H16ClN3O2. The lowest BCUT2D eigenvalue weighted by atomic mass is 10.1. The van der Waals surface area contributed by atoms with E-state index in [4.69, 9.17) is 17.3 Å². The van der Waals surface area contributed by atoms with E-state index in [1.165, 1.54) is 4.90 Å². The zero-order valence-corrected chi connectivity index (χ0v) is 12.1. The third kappa shape index (κ3) is 2.67. The van der Waals surface area contributed by atoms with Crippen LogP contribution in [0.5, 0.6) is 0 Å². The lowest BCUT2D eigenvalue weighted by Crippen LogP contribution is -2.33. The first-order chi connectivity index (χ1) is 9.43. The van der Waals surface area contributed by atoms with Gasteiger partial charge in [0.25, 0.3) is 11.8 Å². The zero-order valence-electron chi connectivity index (χ0n) is 11.4. The van der Waals surface area contributed by atoms with E-state index in [-0.39, 0.29) is 29.4 Å². The van der Waals surface area contributed by atoms with Gasteiger partial charge in [-0.1, -0.05) is 13.8 Å². The van der Waals surface area contributed by atoms with Crippen LogP contribution in [0.2, 0.25) is 0 Å². The maximum atomic E-state index is 12.2. The number of aliphatic imine (C=N–C) groups is 1. The van der Waals surface area contributed by atoms with Gasteiger partial charge in [0.2, 0.25) is 0 Å². The highest BCUT2D eigenvalue weighted by Gasteiger charge is 2.35. The van der Waals surface area contributed by atoms with Crippen LogP contribution >= 0.6 is 11.6 Å². The van der Waals surface area contributed by atoms with Crippen molar-refractivity contribution in [1.29, 1.82) is 0 Å². The molecule has 2 rings (SSSR count). The van der Waals surface area contributed by atoms with Gasteiger partial charge in [-0.25, -0.2) is 4.99 Å². The summed E-state index contributed by atoms with van der Waals surface area (Å²) >= 11 is 5.57. The summed E-state index contributed by atoms with van der Waals surface area (Å²) in [7, 11) is 0. The number of halogens is 1. The summed E-state index contributed by atoms with van der Waals surface area (Å²) in [5.41, 5.74) is 6.87. The van der Waals surface area contributed by atoms with E-state index >= 15 is 0 Å². The van der Waals surface area contributed by atoms with Crippen LogP contribution in [-0.4, -0.2) is 35.0 Å². The molecule has 0 fully saturated rings. The summed E-state index contributed by atoms with van der Waals surface area (Å²) in [6.45, 7) is 4.33. The van der Waals surface area contributed by atoms with Crippen LogP contribution in [0.1, 0.15) is 34.6 Å². The van der Waals surface area contributed by atoms with Gasteiger partial charge in [0, 0.05) is 6.54 Å². The molecule has 2 N–H and O–H groups in total. The van der Waals surface area contributed by atoms with Gasteiger partial charge >= 0.3 is 0 Å². The largest absolute Gasteiger partial charge is 0.386 e. The van der Waals surface area contributed by atoms with Crippen LogP contribution < -0.4 is 5.73 Å². The molecule has 5 nitrogen and oxygen atoms in total. The van der Waals surface area contributed by atoms with E-state index in [0.29, 0.717) is 23.4 Å². The number of fused-ring (bicyclic) bond motifs is 1. The molecule has 0 aliphatic carbocycles. The molecule has 0 atom stereocenters. The van der Waals surface area contributed by atoms with Crippen LogP contribution in [0.4, 0.5) is 5.69 Å². The number of rotatable bonds is 4. The summed E-state index contributed by atoms with van der Waals surface area (Å²) < 4.78 is 0. The fourth-order valence-electron chi connectivity index (χ4n) is 2.07. The minimum absolute atomic E-state index is 0.115. The predicted molar refractivity (Wildman–Crippen MR) is 78.6 cm³/mol. The number of nitrogens with two attached hydrogens (primary N) is 1. The zero-order chi connectivity index (χ0) is 14.9. The second kappa shape index (κ2) is 5.63. The number of hydrogen-bond donors (Lipinski definition) is 1. The summed E-state index contributed by atoms with van der Waals surface area (Å²) in [5, 5.41) is 0. The first-order valence-corrected chi connectivity index (χ1v) is 6.86. The van der Waals surface area contributed by atoms with Crippen LogP contribution in [0, 0.1) is 5.92 Å². The van der Waals surface area contributed by atoms with E-state index in [1.807, 2.05) is 13.8 Å². The maximum Gasteiger partial charge on any atom is 0.261 e. The number of imide groups is 1. The number of benzene rings is 1. The van der Waals surface area contributed by atoms with Crippen molar-refractivity contribution in [3.05, 3.63) is 29.3 Å². The highest BCUT2D eigenvalue weighted by Crippen LogP contribution is 2.27.